The summed E-state index contributed by atoms with van der Waals surface area (Å²) in [6.07, 6.45) is 1.91. The van der Waals surface area contributed by atoms with Crippen LogP contribution in [0, 0.1) is 0 Å². The maximum atomic E-state index is 13.0. The van der Waals surface area contributed by atoms with E-state index in [1.165, 1.54) is 18.2 Å². The monoisotopic (exact) mass is 402 g/mol. The summed E-state index contributed by atoms with van der Waals surface area (Å²) in [7, 11) is 3.19. The molecule has 1 N–H and O–H groups in total. The van der Waals surface area contributed by atoms with Crippen LogP contribution in [0.25, 0.3) is 11.6 Å². The topological polar surface area (TPSA) is 72.8 Å². The molecule has 0 saturated carbocycles. The van der Waals surface area contributed by atoms with Gasteiger partial charge in [-0.3, -0.25) is 9.59 Å². The van der Waals surface area contributed by atoms with Crippen molar-refractivity contribution in [3.8, 4) is 17.2 Å². The summed E-state index contributed by atoms with van der Waals surface area (Å²) in [5, 5.41) is 10.1. The van der Waals surface area contributed by atoms with Gasteiger partial charge in [0, 0.05) is 6.42 Å². The van der Waals surface area contributed by atoms with E-state index in [4.69, 9.17) is 9.47 Å². The van der Waals surface area contributed by atoms with Gasteiger partial charge in [-0.05, 0) is 53.1 Å². The Morgan fingerprint density at radius 1 is 0.867 bits per heavy atom. The van der Waals surface area contributed by atoms with Gasteiger partial charge >= 0.3 is 0 Å². The number of hydrogen-bond donors (Lipinski definition) is 1. The molecule has 0 spiro atoms. The number of hydrogen-bond acceptors (Lipinski definition) is 5. The number of methoxy groups -OCH3 is 2. The van der Waals surface area contributed by atoms with E-state index in [2.05, 4.69) is 0 Å². The largest absolute Gasteiger partial charge is 0.504 e. The summed E-state index contributed by atoms with van der Waals surface area (Å²) >= 11 is 0. The molecule has 0 aromatic heterocycles. The number of benzene rings is 2. The summed E-state index contributed by atoms with van der Waals surface area (Å²) in [5.41, 5.74) is 1.88. The van der Waals surface area contributed by atoms with Crippen molar-refractivity contribution in [2.75, 3.05) is 14.2 Å². The maximum Gasteiger partial charge on any atom is 0.220 e. The minimum absolute atomic E-state index is 0.000794. The number of ether oxygens (including phenoxy) is 2. The summed E-state index contributed by atoms with van der Waals surface area (Å²) in [6.45, 7) is 0. The number of aromatic hydroxyl groups is 1. The van der Waals surface area contributed by atoms with Gasteiger partial charge in [0.05, 0.1) is 19.8 Å². The summed E-state index contributed by atoms with van der Waals surface area (Å²) < 4.78 is 10.4. The van der Waals surface area contributed by atoms with E-state index in [1.54, 1.807) is 20.3 Å². The Hall–Kier alpha value is -3.86. The smallest absolute Gasteiger partial charge is 0.220 e. The third-order valence-corrected chi connectivity index (χ3v) is 4.68. The zero-order valence-electron chi connectivity index (χ0n) is 16.8. The highest BCUT2D eigenvalue weighted by molar-refractivity contribution is 6.06. The van der Waals surface area contributed by atoms with E-state index in [1.807, 2.05) is 54.6 Å². The average Bonchev–Trinajstić information content (AvgIpc) is 2.94. The molecule has 0 saturated heterocycles. The number of carbonyl (C=O) groups excluding carboxylic acids is 1. The van der Waals surface area contributed by atoms with Crippen molar-refractivity contribution in [1.29, 1.82) is 0 Å². The molecule has 0 heterocycles. The van der Waals surface area contributed by atoms with Gasteiger partial charge in [-0.2, -0.15) is 0 Å². The van der Waals surface area contributed by atoms with Crippen LogP contribution < -0.4 is 14.9 Å². The van der Waals surface area contributed by atoms with Crippen molar-refractivity contribution in [1.82, 2.24) is 0 Å². The molecule has 152 valence electrons. The Labute approximate surface area is 174 Å². The second-order valence-corrected chi connectivity index (χ2v) is 6.62. The lowest BCUT2D eigenvalue weighted by atomic mass is 9.95. The lowest BCUT2D eigenvalue weighted by Crippen LogP contribution is -2.05. The predicted molar refractivity (Wildman–Crippen MR) is 117 cm³/mol. The van der Waals surface area contributed by atoms with Gasteiger partial charge in [0.1, 0.15) is 11.5 Å². The highest BCUT2D eigenvalue weighted by Crippen LogP contribution is 2.27. The third kappa shape index (κ3) is 4.94. The van der Waals surface area contributed by atoms with Gasteiger partial charge in [0.2, 0.25) is 5.43 Å². The molecule has 0 aliphatic rings. The van der Waals surface area contributed by atoms with E-state index in [0.717, 1.165) is 22.4 Å². The molecular formula is C25H22O5. The first-order valence-corrected chi connectivity index (χ1v) is 9.36. The maximum absolute atomic E-state index is 13.0. The summed E-state index contributed by atoms with van der Waals surface area (Å²) in [5.74, 6) is 0.552. The Bertz CT molecular complexity index is 1110. The van der Waals surface area contributed by atoms with Crippen LogP contribution in [0.1, 0.15) is 27.9 Å². The molecule has 0 radical (unpaired) electrons. The Balaban J connectivity index is 2.01. The summed E-state index contributed by atoms with van der Waals surface area (Å²) in [6, 6.07) is 20.6. The molecule has 0 unspecified atom stereocenters. The average molecular weight is 402 g/mol. The molecule has 3 aromatic carbocycles. The Kier molecular flexibility index (Phi) is 6.65. The van der Waals surface area contributed by atoms with Crippen molar-refractivity contribution in [2.24, 2.45) is 0 Å². The molecule has 0 aliphatic heterocycles. The molecule has 5 heteroatoms. The van der Waals surface area contributed by atoms with Crippen LogP contribution in [0.4, 0.5) is 0 Å². The molecule has 0 aliphatic carbocycles. The molecule has 0 bridgehead atoms. The van der Waals surface area contributed by atoms with Crippen LogP contribution in [0.2, 0.25) is 0 Å². The van der Waals surface area contributed by atoms with Crippen molar-refractivity contribution >= 4 is 17.4 Å². The molecule has 0 atom stereocenters. The second-order valence-electron chi connectivity index (χ2n) is 6.62. The first-order valence-electron chi connectivity index (χ1n) is 9.36. The predicted octanol–water partition coefficient (Wildman–Crippen LogP) is 4.58. The van der Waals surface area contributed by atoms with Crippen molar-refractivity contribution in [3.63, 3.8) is 0 Å². The molecule has 0 amide bonds. The normalized spacial score (nSPS) is 11.1. The van der Waals surface area contributed by atoms with Crippen LogP contribution in [0.5, 0.6) is 17.2 Å². The molecule has 30 heavy (non-hydrogen) atoms. The van der Waals surface area contributed by atoms with Crippen molar-refractivity contribution in [3.05, 3.63) is 99.7 Å². The van der Waals surface area contributed by atoms with E-state index in [9.17, 15) is 14.7 Å². The Morgan fingerprint density at radius 2 is 1.43 bits per heavy atom. The molecular weight excluding hydrogens is 380 g/mol. The Morgan fingerprint density at radius 3 is 2.03 bits per heavy atom. The number of ketones is 1. The quantitative estimate of drug-likeness (QED) is 0.462. The SMILES string of the molecule is COc1ccc(/C=C(/CC(=O)c2ccccc(=O)c2O)c2ccc(OC)cc2)cc1. The number of Topliss-reactive ketones (excluding diaryl/α,β-unsaturated/α-hetero) is 1. The van der Waals surface area contributed by atoms with E-state index in [0.29, 0.717) is 5.75 Å². The lowest BCUT2D eigenvalue weighted by molar-refractivity contribution is 0.0996. The van der Waals surface area contributed by atoms with Crippen molar-refractivity contribution in [2.45, 2.75) is 6.42 Å². The standard InChI is InChI=1S/C25H22O5/c1-29-20-11-7-17(8-12-20)15-19(18-9-13-21(30-2)14-10-18)16-24(27)22-5-3-4-6-23(26)25(22)28/h3-15H,16H2,1-2H3,(H,26,28)/b19-15-. The number of carbonyl (C=O) groups is 1. The lowest BCUT2D eigenvalue weighted by Gasteiger charge is -2.10. The van der Waals surface area contributed by atoms with Gasteiger partial charge in [0.15, 0.2) is 11.5 Å². The fraction of sp³-hybridized carbons (Fsp3) is 0.120. The van der Waals surface area contributed by atoms with E-state index >= 15 is 0 Å². The summed E-state index contributed by atoms with van der Waals surface area (Å²) in [4.78, 5) is 24.8. The van der Waals surface area contributed by atoms with Crippen LogP contribution in [0.15, 0.2) is 77.6 Å². The number of rotatable bonds is 7. The van der Waals surface area contributed by atoms with Gasteiger partial charge in [0.25, 0.3) is 0 Å². The van der Waals surface area contributed by atoms with Gasteiger partial charge in [-0.1, -0.05) is 42.5 Å². The zero-order chi connectivity index (χ0) is 21.5. The van der Waals surface area contributed by atoms with E-state index < -0.39 is 11.2 Å². The minimum atomic E-state index is -0.589. The van der Waals surface area contributed by atoms with Gasteiger partial charge < -0.3 is 14.6 Å². The van der Waals surface area contributed by atoms with Crippen LogP contribution in [0.3, 0.4) is 0 Å². The van der Waals surface area contributed by atoms with Gasteiger partial charge in [-0.25, -0.2) is 0 Å². The highest BCUT2D eigenvalue weighted by Gasteiger charge is 2.15. The van der Waals surface area contributed by atoms with Gasteiger partial charge in [-0.15, -0.1) is 0 Å². The fourth-order valence-corrected chi connectivity index (χ4v) is 3.02. The fourth-order valence-electron chi connectivity index (χ4n) is 3.02. The minimum Gasteiger partial charge on any atom is -0.504 e. The van der Waals surface area contributed by atoms with Crippen LogP contribution in [-0.2, 0) is 0 Å². The first kappa shape index (κ1) is 20.9. The third-order valence-electron chi connectivity index (χ3n) is 4.68. The van der Waals surface area contributed by atoms with E-state index in [-0.39, 0.29) is 17.8 Å². The van der Waals surface area contributed by atoms with Crippen molar-refractivity contribution < 1.29 is 19.4 Å². The second kappa shape index (κ2) is 9.56. The number of allylic oxidation sites excluding steroid dienone is 1. The highest BCUT2D eigenvalue weighted by atomic mass is 16.5. The molecule has 5 nitrogen and oxygen atoms in total. The zero-order valence-corrected chi connectivity index (χ0v) is 16.8. The molecule has 3 aromatic rings. The molecule has 0 fully saturated rings. The first-order chi connectivity index (χ1) is 14.5. The van der Waals surface area contributed by atoms with Crippen LogP contribution in [-0.4, -0.2) is 25.1 Å². The molecule has 3 rings (SSSR count). The van der Waals surface area contributed by atoms with Crippen LogP contribution >= 0.6 is 0 Å².